The molecule has 15 heavy (non-hydrogen) atoms. The number of pyridine rings is 1. The van der Waals surface area contributed by atoms with Crippen LogP contribution < -0.4 is 4.74 Å². The molecule has 0 bridgehead atoms. The Kier molecular flexibility index (Phi) is 4.17. The molecule has 4 nitrogen and oxygen atoms in total. The number of hydrogen-bond acceptors (Lipinski definition) is 4. The molecule has 0 unspecified atom stereocenters. The first kappa shape index (κ1) is 11.1. The predicted molar refractivity (Wildman–Crippen MR) is 54.3 cm³/mol. The number of nitrogens with zero attached hydrogens (tertiary/aromatic N) is 1. The number of methoxy groups -OCH3 is 2. The average molecular weight is 205 g/mol. The molecule has 0 saturated carbocycles. The molecule has 0 atom stereocenters. The zero-order valence-electron chi connectivity index (χ0n) is 8.61. The van der Waals surface area contributed by atoms with Crippen molar-refractivity contribution in [1.82, 2.24) is 4.98 Å². The maximum atomic E-state index is 10.8. The molecule has 0 N–H and O–H groups in total. The first-order valence-electron chi connectivity index (χ1n) is 4.32. The Morgan fingerprint density at radius 3 is 3.00 bits per heavy atom. The lowest BCUT2D eigenvalue weighted by Crippen LogP contribution is -1.97. The Morgan fingerprint density at radius 1 is 1.53 bits per heavy atom. The number of carbonyl (C=O) groups is 1. The average Bonchev–Trinajstić information content (AvgIpc) is 2.29. The van der Waals surface area contributed by atoms with Gasteiger partial charge >= 0.3 is 5.97 Å². The summed E-state index contributed by atoms with van der Waals surface area (Å²) in [7, 11) is 2.87. The van der Waals surface area contributed by atoms with Crippen LogP contribution in [0.2, 0.25) is 0 Å². The Balaban J connectivity index is 2.75. The van der Waals surface area contributed by atoms with Crippen molar-refractivity contribution in [3.8, 4) is 17.6 Å². The Hall–Kier alpha value is -2.02. The Bertz CT molecular complexity index is 404. The largest absolute Gasteiger partial charge is 0.494 e. The van der Waals surface area contributed by atoms with E-state index >= 15 is 0 Å². The van der Waals surface area contributed by atoms with E-state index in [1.807, 2.05) is 0 Å². The maximum absolute atomic E-state index is 10.8. The highest BCUT2D eigenvalue weighted by atomic mass is 16.5. The standard InChI is InChI=1S/C11H11NO3/c1-14-10-6-4-8-12-9(10)5-3-7-11(13)15-2/h4,6,8H,7H2,1-2H3. The highest BCUT2D eigenvalue weighted by molar-refractivity contribution is 5.72. The molecular formula is C11H11NO3. The molecule has 0 spiro atoms. The summed E-state index contributed by atoms with van der Waals surface area (Å²) in [6.07, 6.45) is 1.67. The van der Waals surface area contributed by atoms with Crippen molar-refractivity contribution in [3.05, 3.63) is 24.0 Å². The van der Waals surface area contributed by atoms with E-state index in [0.717, 1.165) is 0 Å². The van der Waals surface area contributed by atoms with Crippen LogP contribution in [0.5, 0.6) is 5.75 Å². The third kappa shape index (κ3) is 3.31. The van der Waals surface area contributed by atoms with Crippen molar-refractivity contribution in [2.75, 3.05) is 14.2 Å². The second-order valence-electron chi connectivity index (χ2n) is 2.61. The lowest BCUT2D eigenvalue weighted by Gasteiger charge is -1.99. The molecule has 0 radical (unpaired) electrons. The minimum atomic E-state index is -0.364. The van der Waals surface area contributed by atoms with Crippen LogP contribution in [0.3, 0.4) is 0 Å². The fourth-order valence-electron chi connectivity index (χ4n) is 0.921. The van der Waals surface area contributed by atoms with E-state index in [1.165, 1.54) is 7.11 Å². The zero-order chi connectivity index (χ0) is 11.1. The molecule has 0 amide bonds. The molecule has 0 fully saturated rings. The fourth-order valence-corrected chi connectivity index (χ4v) is 0.921. The summed E-state index contributed by atoms with van der Waals surface area (Å²) in [5, 5.41) is 0. The van der Waals surface area contributed by atoms with Crippen LogP contribution >= 0.6 is 0 Å². The second-order valence-corrected chi connectivity index (χ2v) is 2.61. The summed E-state index contributed by atoms with van der Waals surface area (Å²) in [5.41, 5.74) is 0.518. The summed E-state index contributed by atoms with van der Waals surface area (Å²) in [5.74, 6) is 5.63. The normalized spacial score (nSPS) is 8.67. The molecular weight excluding hydrogens is 194 g/mol. The van der Waals surface area contributed by atoms with E-state index in [4.69, 9.17) is 4.74 Å². The van der Waals surface area contributed by atoms with Crippen LogP contribution in [-0.2, 0) is 9.53 Å². The van der Waals surface area contributed by atoms with E-state index in [0.29, 0.717) is 11.4 Å². The molecule has 1 aromatic rings. The number of esters is 1. The molecule has 1 aromatic heterocycles. The van der Waals surface area contributed by atoms with Crippen molar-refractivity contribution >= 4 is 5.97 Å². The van der Waals surface area contributed by atoms with Gasteiger partial charge in [0.15, 0.2) is 11.4 Å². The molecule has 4 heteroatoms. The number of carbonyl (C=O) groups excluding carboxylic acids is 1. The van der Waals surface area contributed by atoms with E-state index in [2.05, 4.69) is 21.6 Å². The smallest absolute Gasteiger partial charge is 0.317 e. The Labute approximate surface area is 88.2 Å². The third-order valence-electron chi connectivity index (χ3n) is 1.66. The van der Waals surface area contributed by atoms with Gasteiger partial charge in [-0.1, -0.05) is 5.92 Å². The minimum absolute atomic E-state index is 0.0518. The molecule has 0 aliphatic carbocycles. The van der Waals surface area contributed by atoms with Gasteiger partial charge in [-0.2, -0.15) is 0 Å². The van der Waals surface area contributed by atoms with Crippen molar-refractivity contribution in [2.24, 2.45) is 0 Å². The van der Waals surface area contributed by atoms with Crippen LogP contribution in [0.4, 0.5) is 0 Å². The number of aromatic nitrogens is 1. The monoisotopic (exact) mass is 205 g/mol. The summed E-state index contributed by atoms with van der Waals surface area (Å²) >= 11 is 0. The first-order valence-corrected chi connectivity index (χ1v) is 4.32. The van der Waals surface area contributed by atoms with Gasteiger partial charge in [-0.25, -0.2) is 4.98 Å². The predicted octanol–water partition coefficient (Wildman–Crippen LogP) is 1.00. The summed E-state index contributed by atoms with van der Waals surface area (Å²) < 4.78 is 9.50. The number of hydrogen-bond donors (Lipinski definition) is 0. The Morgan fingerprint density at radius 2 is 2.33 bits per heavy atom. The fraction of sp³-hybridized carbons (Fsp3) is 0.273. The van der Waals surface area contributed by atoms with Gasteiger partial charge in [-0.15, -0.1) is 0 Å². The lowest BCUT2D eigenvalue weighted by molar-refractivity contribution is -0.139. The van der Waals surface area contributed by atoms with Gasteiger partial charge in [0.1, 0.15) is 6.42 Å². The van der Waals surface area contributed by atoms with Gasteiger partial charge in [0.2, 0.25) is 0 Å². The van der Waals surface area contributed by atoms with Crippen molar-refractivity contribution in [2.45, 2.75) is 6.42 Å². The molecule has 0 saturated heterocycles. The molecule has 0 aliphatic rings. The topological polar surface area (TPSA) is 48.4 Å². The minimum Gasteiger partial charge on any atom is -0.494 e. The van der Waals surface area contributed by atoms with Gasteiger partial charge in [0.25, 0.3) is 0 Å². The molecule has 1 rings (SSSR count). The molecule has 0 aliphatic heterocycles. The maximum Gasteiger partial charge on any atom is 0.317 e. The van der Waals surface area contributed by atoms with Gasteiger partial charge in [-0.05, 0) is 18.1 Å². The van der Waals surface area contributed by atoms with E-state index in [-0.39, 0.29) is 12.4 Å². The number of rotatable bonds is 2. The van der Waals surface area contributed by atoms with Crippen molar-refractivity contribution in [1.29, 1.82) is 0 Å². The van der Waals surface area contributed by atoms with Crippen molar-refractivity contribution < 1.29 is 14.3 Å². The van der Waals surface area contributed by atoms with E-state index < -0.39 is 0 Å². The highest BCUT2D eigenvalue weighted by Crippen LogP contribution is 2.12. The van der Waals surface area contributed by atoms with Gasteiger partial charge in [-0.3, -0.25) is 4.79 Å². The highest BCUT2D eigenvalue weighted by Gasteiger charge is 1.99. The van der Waals surface area contributed by atoms with Gasteiger partial charge < -0.3 is 9.47 Å². The summed E-state index contributed by atoms with van der Waals surface area (Å²) in [4.78, 5) is 14.8. The summed E-state index contributed by atoms with van der Waals surface area (Å²) in [6, 6.07) is 3.51. The van der Waals surface area contributed by atoms with E-state index in [9.17, 15) is 4.79 Å². The van der Waals surface area contributed by atoms with E-state index in [1.54, 1.807) is 25.4 Å². The number of ether oxygens (including phenoxy) is 2. The molecule has 1 heterocycles. The van der Waals surface area contributed by atoms with Gasteiger partial charge in [0.05, 0.1) is 14.2 Å². The van der Waals surface area contributed by atoms with Crippen LogP contribution in [-0.4, -0.2) is 25.2 Å². The van der Waals surface area contributed by atoms with Crippen LogP contribution in [0.25, 0.3) is 0 Å². The summed E-state index contributed by atoms with van der Waals surface area (Å²) in [6.45, 7) is 0. The van der Waals surface area contributed by atoms with Crippen LogP contribution in [0.1, 0.15) is 12.1 Å². The first-order chi connectivity index (χ1) is 7.27. The second kappa shape index (κ2) is 5.66. The zero-order valence-corrected chi connectivity index (χ0v) is 8.61. The molecule has 0 aromatic carbocycles. The van der Waals surface area contributed by atoms with Crippen LogP contribution in [0.15, 0.2) is 18.3 Å². The van der Waals surface area contributed by atoms with Crippen LogP contribution in [0, 0.1) is 11.8 Å². The molecule has 78 valence electrons. The lowest BCUT2D eigenvalue weighted by atomic mass is 10.3. The van der Waals surface area contributed by atoms with Crippen molar-refractivity contribution in [3.63, 3.8) is 0 Å². The SMILES string of the molecule is COC(=O)CC#Cc1ncccc1OC. The quantitative estimate of drug-likeness (QED) is 0.534. The third-order valence-corrected chi connectivity index (χ3v) is 1.66. The van der Waals surface area contributed by atoms with Gasteiger partial charge in [0, 0.05) is 6.20 Å².